The first kappa shape index (κ1) is 46.7. The van der Waals surface area contributed by atoms with Crippen LogP contribution in [0.5, 0.6) is 0 Å². The molecule has 0 N–H and O–H groups in total. The summed E-state index contributed by atoms with van der Waals surface area (Å²) in [6.45, 7) is 26.1. The molecule has 0 fully saturated rings. The topological polar surface area (TPSA) is 29.5 Å². The summed E-state index contributed by atoms with van der Waals surface area (Å²) in [5.74, 6) is 0. The molecule has 16 rings (SSSR count). The fraction of sp³-hybridized carbons (Fsp3) is 0.211. The molecule has 0 amide bonds. The van der Waals surface area contributed by atoms with E-state index in [1.54, 1.807) is 0 Å². The third-order valence-corrected chi connectivity index (χ3v) is 19.6. The minimum Gasteiger partial charge on any atom is -0.456 e. The molecule has 0 spiro atoms. The Kier molecular flexibility index (Phi) is 9.00. The van der Waals surface area contributed by atoms with Gasteiger partial charge in [0.15, 0.2) is 0 Å². The number of hydrogen-bond acceptors (Lipinski definition) is 3. The van der Waals surface area contributed by atoms with Crippen molar-refractivity contribution < 1.29 is 8.83 Å². The van der Waals surface area contributed by atoms with Crippen molar-refractivity contribution in [2.45, 2.75) is 103 Å². The van der Waals surface area contributed by atoms with Gasteiger partial charge in [-0.2, -0.15) is 0 Å². The zero-order chi connectivity index (χ0) is 54.0. The highest BCUT2D eigenvalue weighted by molar-refractivity contribution is 6.19. The molecule has 0 saturated heterocycles. The Labute approximate surface area is 463 Å². The lowest BCUT2D eigenvalue weighted by Crippen LogP contribution is -2.18. The quantitative estimate of drug-likeness (QED) is 0.176. The van der Waals surface area contributed by atoms with Crippen LogP contribution in [0.3, 0.4) is 0 Å². The molecule has 10 aromatic carbocycles. The molecule has 0 radical (unpaired) electrons. The molecule has 0 unspecified atom stereocenters. The number of anilines is 3. The van der Waals surface area contributed by atoms with Crippen LogP contribution in [-0.2, 0) is 27.1 Å². The van der Waals surface area contributed by atoms with Crippen LogP contribution in [0.25, 0.3) is 99.5 Å². The summed E-state index contributed by atoms with van der Waals surface area (Å²) < 4.78 is 13.5. The first-order valence-electron chi connectivity index (χ1n) is 28.4. The van der Waals surface area contributed by atoms with E-state index in [2.05, 4.69) is 263 Å². The summed E-state index contributed by atoms with van der Waals surface area (Å²) in [5, 5.41) is 4.75. The van der Waals surface area contributed by atoms with Crippen LogP contribution >= 0.6 is 0 Å². The van der Waals surface area contributed by atoms with Gasteiger partial charge in [-0.25, -0.2) is 0 Å². The zero-order valence-corrected chi connectivity index (χ0v) is 47.1. The maximum atomic E-state index is 7.03. The predicted molar refractivity (Wildman–Crippen MR) is 330 cm³/mol. The lowest BCUT2D eigenvalue weighted by Gasteiger charge is -2.30. The van der Waals surface area contributed by atoms with E-state index in [-0.39, 0.29) is 27.1 Å². The molecular formula is C76H63NO2. The van der Waals surface area contributed by atoms with Gasteiger partial charge < -0.3 is 13.7 Å². The van der Waals surface area contributed by atoms with E-state index in [0.717, 1.165) is 50.3 Å². The molecule has 3 heteroatoms. The maximum absolute atomic E-state index is 7.03. The molecule has 4 aliphatic rings. The standard InChI is InChI=1S/C76H63NO2/c1-72(2,3)43-25-27-44(28-26-43)77(45-29-32-49-54-40-62-55(41-61(54)75(8,9)59(49)37-45)68-57(74(62,6)7)34-35-66-69(68)51-19-13-16-22-64(51)78-66)46-30-33-50-60(38-46)76(10,11)63-39-53(71-70(67(50)63)52-20-14-17-23-65(52)79-71)42-24-31-48-47-18-12-15-21-56(47)73(4,5)58(48)36-42/h12-41H,1-11H3. The summed E-state index contributed by atoms with van der Waals surface area (Å²) in [6.07, 6.45) is 0. The fourth-order valence-electron chi connectivity index (χ4n) is 15.3. The first-order valence-corrected chi connectivity index (χ1v) is 28.4. The molecule has 0 saturated carbocycles. The second-order valence-corrected chi connectivity index (χ2v) is 26.4. The van der Waals surface area contributed by atoms with Crippen LogP contribution in [0, 0.1) is 0 Å². The van der Waals surface area contributed by atoms with E-state index in [4.69, 9.17) is 8.83 Å². The number of benzene rings is 10. The monoisotopic (exact) mass is 1020 g/mol. The van der Waals surface area contributed by atoms with Crippen LogP contribution in [0.15, 0.2) is 191 Å². The van der Waals surface area contributed by atoms with Gasteiger partial charge in [0.05, 0.1) is 0 Å². The second kappa shape index (κ2) is 15.2. The van der Waals surface area contributed by atoms with Crippen molar-refractivity contribution in [1.82, 2.24) is 0 Å². The van der Waals surface area contributed by atoms with Gasteiger partial charge >= 0.3 is 0 Å². The van der Waals surface area contributed by atoms with Crippen LogP contribution in [-0.4, -0.2) is 0 Å². The Hall–Kier alpha value is -8.40. The van der Waals surface area contributed by atoms with E-state index in [1.165, 1.54) is 116 Å². The number of hydrogen-bond donors (Lipinski definition) is 0. The van der Waals surface area contributed by atoms with Crippen molar-refractivity contribution >= 4 is 60.9 Å². The number of furan rings is 2. The highest BCUT2D eigenvalue weighted by Gasteiger charge is 2.44. The van der Waals surface area contributed by atoms with E-state index >= 15 is 0 Å². The Balaban J connectivity index is 0.852. The average molecular weight is 1020 g/mol. The molecule has 3 nitrogen and oxygen atoms in total. The van der Waals surface area contributed by atoms with E-state index in [9.17, 15) is 0 Å². The highest BCUT2D eigenvalue weighted by atomic mass is 16.3. The molecule has 384 valence electrons. The van der Waals surface area contributed by atoms with Crippen LogP contribution in [0.2, 0.25) is 0 Å². The summed E-state index contributed by atoms with van der Waals surface area (Å²) in [6, 6.07) is 69.0. The fourth-order valence-corrected chi connectivity index (χ4v) is 15.3. The third kappa shape index (κ3) is 6.09. The van der Waals surface area contributed by atoms with Gasteiger partial charge in [-0.3, -0.25) is 0 Å². The highest BCUT2D eigenvalue weighted by Crippen LogP contribution is 2.61. The largest absolute Gasteiger partial charge is 0.456 e. The van der Waals surface area contributed by atoms with Crippen LogP contribution < -0.4 is 4.90 Å². The van der Waals surface area contributed by atoms with Crippen LogP contribution in [0.1, 0.15) is 126 Å². The number of para-hydroxylation sites is 2. The molecule has 4 aliphatic carbocycles. The molecule has 12 aromatic rings. The summed E-state index contributed by atoms with van der Waals surface area (Å²) >= 11 is 0. The van der Waals surface area contributed by atoms with Gasteiger partial charge in [-0.1, -0.05) is 179 Å². The molecular weight excluding hydrogens is 959 g/mol. The van der Waals surface area contributed by atoms with Gasteiger partial charge in [-0.05, 0) is 184 Å². The number of fused-ring (bicyclic) bond motifs is 20. The van der Waals surface area contributed by atoms with Gasteiger partial charge in [0.1, 0.15) is 22.3 Å². The van der Waals surface area contributed by atoms with Crippen molar-refractivity contribution in [2.75, 3.05) is 4.90 Å². The van der Waals surface area contributed by atoms with Crippen molar-refractivity contribution in [3.05, 3.63) is 232 Å². The van der Waals surface area contributed by atoms with E-state index in [0.29, 0.717) is 0 Å². The second-order valence-electron chi connectivity index (χ2n) is 26.4. The lowest BCUT2D eigenvalue weighted by atomic mass is 9.79. The smallest absolute Gasteiger partial charge is 0.143 e. The summed E-state index contributed by atoms with van der Waals surface area (Å²) in [5.41, 5.74) is 31.3. The van der Waals surface area contributed by atoms with E-state index < -0.39 is 0 Å². The normalized spacial score (nSPS) is 16.2. The summed E-state index contributed by atoms with van der Waals surface area (Å²) in [4.78, 5) is 2.50. The van der Waals surface area contributed by atoms with Crippen molar-refractivity contribution in [1.29, 1.82) is 0 Å². The van der Waals surface area contributed by atoms with Crippen molar-refractivity contribution in [2.24, 2.45) is 0 Å². The molecule has 2 heterocycles. The van der Waals surface area contributed by atoms with Gasteiger partial charge in [0.25, 0.3) is 0 Å². The predicted octanol–water partition coefficient (Wildman–Crippen LogP) is 21.1. The lowest BCUT2D eigenvalue weighted by molar-refractivity contribution is 0.590. The maximum Gasteiger partial charge on any atom is 0.143 e. The van der Waals surface area contributed by atoms with E-state index in [1.807, 2.05) is 0 Å². The van der Waals surface area contributed by atoms with Gasteiger partial charge in [-0.15, -0.1) is 0 Å². The summed E-state index contributed by atoms with van der Waals surface area (Å²) in [7, 11) is 0. The van der Waals surface area contributed by atoms with Gasteiger partial charge in [0.2, 0.25) is 0 Å². The zero-order valence-electron chi connectivity index (χ0n) is 47.1. The van der Waals surface area contributed by atoms with Crippen molar-refractivity contribution in [3.63, 3.8) is 0 Å². The van der Waals surface area contributed by atoms with Crippen LogP contribution in [0.4, 0.5) is 17.1 Å². The number of nitrogens with zero attached hydrogens (tertiary/aromatic N) is 1. The molecule has 0 bridgehead atoms. The minimum absolute atomic E-state index is 0.0182. The Morgan fingerprint density at radius 2 is 0.823 bits per heavy atom. The van der Waals surface area contributed by atoms with Crippen molar-refractivity contribution in [3.8, 4) is 55.6 Å². The number of rotatable bonds is 4. The Bertz CT molecular complexity index is 4690. The Morgan fingerprint density at radius 1 is 0.329 bits per heavy atom. The molecule has 0 atom stereocenters. The first-order chi connectivity index (χ1) is 37.8. The Morgan fingerprint density at radius 3 is 1.56 bits per heavy atom. The molecule has 79 heavy (non-hydrogen) atoms. The van der Waals surface area contributed by atoms with Gasteiger partial charge in [0, 0.05) is 65.8 Å². The SMILES string of the molecule is CC(C)(C)c1ccc(N(c2ccc3c(c2)C(C)(C)c2cc4c(cc2-3)C(C)(C)c2ccc3oc5ccccc5c3c2-4)c2ccc3c(c2)C(C)(C)c2cc(-c4ccc5c(c4)C(C)(C)c4ccccc4-5)c4oc5ccccc5c4c2-3)cc1. The minimum atomic E-state index is -0.335. The average Bonchev–Trinajstić information content (AvgIpc) is 4.43. The molecule has 2 aromatic heterocycles. The third-order valence-electron chi connectivity index (χ3n) is 19.6. The molecule has 0 aliphatic heterocycles.